The average molecular weight is 265 g/mol. The van der Waals surface area contributed by atoms with E-state index in [-0.39, 0.29) is 23.6 Å². The maximum absolute atomic E-state index is 11.6. The van der Waals surface area contributed by atoms with Gasteiger partial charge in [-0.05, 0) is 38.8 Å². The van der Waals surface area contributed by atoms with Crippen LogP contribution < -0.4 is 5.73 Å². The van der Waals surface area contributed by atoms with E-state index in [9.17, 15) is 9.59 Å². The number of nitrogens with two attached hydrogens (primary N) is 1. The number of hydrogen-bond acceptors (Lipinski definition) is 4. The molecule has 0 fully saturated rings. The third kappa shape index (κ3) is 4.62. The van der Waals surface area contributed by atoms with E-state index in [0.717, 1.165) is 0 Å². The maximum Gasteiger partial charge on any atom is 0.338 e. The quantitative estimate of drug-likeness (QED) is 0.643. The molecule has 1 rings (SSSR count). The molecule has 0 saturated heterocycles. The van der Waals surface area contributed by atoms with Crippen LogP contribution in [0.25, 0.3) is 0 Å². The van der Waals surface area contributed by atoms with Crippen molar-refractivity contribution in [1.29, 1.82) is 0 Å². The zero-order chi connectivity index (χ0) is 14.6. The van der Waals surface area contributed by atoms with Gasteiger partial charge in [0.15, 0.2) is 0 Å². The number of nitrogen functional groups attached to an aromatic ring is 1. The second-order valence-electron chi connectivity index (χ2n) is 5.27. The van der Waals surface area contributed by atoms with Gasteiger partial charge in [0.1, 0.15) is 5.60 Å². The molecule has 0 saturated carbocycles. The molecule has 104 valence electrons. The summed E-state index contributed by atoms with van der Waals surface area (Å²) in [4.78, 5) is 22.7. The fourth-order valence-corrected chi connectivity index (χ4v) is 1.72. The summed E-state index contributed by atoms with van der Waals surface area (Å²) in [6.07, 6.45) is 0.419. The fraction of sp³-hybridized carbons (Fsp3) is 0.429. The molecule has 5 heteroatoms. The number of benzene rings is 1. The molecule has 0 radical (unpaired) electrons. The Balaban J connectivity index is 2.76. The number of aromatic carboxylic acids is 1. The minimum atomic E-state index is -1.09. The Kier molecular flexibility index (Phi) is 4.53. The first-order valence-corrected chi connectivity index (χ1v) is 6.03. The number of hydrogen-bond donors (Lipinski definition) is 2. The highest BCUT2D eigenvalue weighted by atomic mass is 16.6. The van der Waals surface area contributed by atoms with Crippen LogP contribution in [0.5, 0.6) is 0 Å². The van der Waals surface area contributed by atoms with Crippen molar-refractivity contribution in [3.8, 4) is 0 Å². The summed E-state index contributed by atoms with van der Waals surface area (Å²) < 4.78 is 5.17. The molecule has 3 N–H and O–H groups in total. The van der Waals surface area contributed by atoms with Gasteiger partial charge in [0.25, 0.3) is 0 Å². The van der Waals surface area contributed by atoms with E-state index in [2.05, 4.69) is 0 Å². The monoisotopic (exact) mass is 265 g/mol. The number of esters is 1. The van der Waals surface area contributed by atoms with Crippen molar-refractivity contribution in [2.24, 2.45) is 0 Å². The highest BCUT2D eigenvalue weighted by Crippen LogP contribution is 2.19. The third-order valence-electron chi connectivity index (χ3n) is 2.42. The summed E-state index contributed by atoms with van der Waals surface area (Å²) >= 11 is 0. The van der Waals surface area contributed by atoms with E-state index < -0.39 is 11.6 Å². The van der Waals surface area contributed by atoms with Gasteiger partial charge in [-0.3, -0.25) is 4.79 Å². The van der Waals surface area contributed by atoms with Gasteiger partial charge >= 0.3 is 11.9 Å². The molecule has 0 aliphatic rings. The lowest BCUT2D eigenvalue weighted by molar-refractivity contribution is -0.154. The molecular formula is C14H19NO4. The largest absolute Gasteiger partial charge is 0.478 e. The van der Waals surface area contributed by atoms with Gasteiger partial charge in [-0.2, -0.15) is 0 Å². The highest BCUT2D eigenvalue weighted by Gasteiger charge is 2.18. The van der Waals surface area contributed by atoms with Crippen LogP contribution in [-0.4, -0.2) is 22.6 Å². The molecule has 0 aliphatic heterocycles. The first-order chi connectivity index (χ1) is 8.70. The zero-order valence-corrected chi connectivity index (χ0v) is 11.4. The van der Waals surface area contributed by atoms with Crippen molar-refractivity contribution in [2.45, 2.75) is 39.2 Å². The van der Waals surface area contributed by atoms with E-state index >= 15 is 0 Å². The molecular weight excluding hydrogens is 246 g/mol. The number of carbonyl (C=O) groups excluding carboxylic acids is 1. The first kappa shape index (κ1) is 15.0. The predicted molar refractivity (Wildman–Crippen MR) is 72.0 cm³/mol. The summed E-state index contributed by atoms with van der Waals surface area (Å²) in [6.45, 7) is 5.36. The average Bonchev–Trinajstić information content (AvgIpc) is 2.23. The van der Waals surface area contributed by atoms with Crippen molar-refractivity contribution in [1.82, 2.24) is 0 Å². The SMILES string of the molecule is CC(C)(C)OC(=O)CCc1cccc(N)c1C(=O)O. The minimum Gasteiger partial charge on any atom is -0.478 e. The van der Waals surface area contributed by atoms with Crippen LogP contribution in [0.1, 0.15) is 43.1 Å². The Morgan fingerprint density at radius 3 is 2.47 bits per heavy atom. The molecule has 0 amide bonds. The van der Waals surface area contributed by atoms with Crippen molar-refractivity contribution < 1.29 is 19.4 Å². The maximum atomic E-state index is 11.6. The molecule has 19 heavy (non-hydrogen) atoms. The molecule has 5 nitrogen and oxygen atoms in total. The van der Waals surface area contributed by atoms with Gasteiger partial charge in [-0.1, -0.05) is 12.1 Å². The number of anilines is 1. The van der Waals surface area contributed by atoms with Gasteiger partial charge in [-0.25, -0.2) is 4.79 Å². The van der Waals surface area contributed by atoms with E-state index in [1.165, 1.54) is 6.07 Å². The fourth-order valence-electron chi connectivity index (χ4n) is 1.72. The number of carbonyl (C=O) groups is 2. The van der Waals surface area contributed by atoms with Gasteiger partial charge in [0.05, 0.1) is 5.56 Å². The van der Waals surface area contributed by atoms with E-state index in [1.807, 2.05) is 0 Å². The van der Waals surface area contributed by atoms with Crippen LogP contribution in [0.3, 0.4) is 0 Å². The Morgan fingerprint density at radius 1 is 1.32 bits per heavy atom. The predicted octanol–water partition coefficient (Wildman–Crippen LogP) is 2.24. The summed E-state index contributed by atoms with van der Waals surface area (Å²) in [6, 6.07) is 4.86. The molecule has 1 aromatic rings. The van der Waals surface area contributed by atoms with E-state index in [1.54, 1.807) is 32.9 Å². The lowest BCUT2D eigenvalue weighted by Crippen LogP contribution is -2.24. The van der Waals surface area contributed by atoms with Crippen molar-refractivity contribution in [3.05, 3.63) is 29.3 Å². The summed E-state index contributed by atoms with van der Waals surface area (Å²) in [5.74, 6) is -1.44. The Labute approximate surface area is 112 Å². The second kappa shape index (κ2) is 5.73. The lowest BCUT2D eigenvalue weighted by Gasteiger charge is -2.19. The molecule has 0 spiro atoms. The normalized spacial score (nSPS) is 11.1. The number of rotatable bonds is 4. The topological polar surface area (TPSA) is 89.6 Å². The van der Waals surface area contributed by atoms with Crippen molar-refractivity contribution >= 4 is 17.6 Å². The van der Waals surface area contributed by atoms with Gasteiger partial charge in [-0.15, -0.1) is 0 Å². The van der Waals surface area contributed by atoms with Gasteiger partial charge < -0.3 is 15.6 Å². The van der Waals surface area contributed by atoms with E-state index in [4.69, 9.17) is 15.6 Å². The van der Waals surface area contributed by atoms with E-state index in [0.29, 0.717) is 12.0 Å². The Bertz CT molecular complexity index is 489. The highest BCUT2D eigenvalue weighted by molar-refractivity contribution is 5.95. The Hall–Kier alpha value is -2.04. The molecule has 0 atom stereocenters. The number of carboxylic acid groups (broad SMARTS) is 1. The van der Waals surface area contributed by atoms with Gasteiger partial charge in [0.2, 0.25) is 0 Å². The van der Waals surface area contributed by atoms with Crippen LogP contribution in [0.2, 0.25) is 0 Å². The Morgan fingerprint density at radius 2 is 1.95 bits per heavy atom. The van der Waals surface area contributed by atoms with Crippen molar-refractivity contribution in [2.75, 3.05) is 5.73 Å². The molecule has 0 aliphatic carbocycles. The van der Waals surface area contributed by atoms with Crippen LogP contribution in [-0.2, 0) is 16.0 Å². The number of carboxylic acids is 1. The van der Waals surface area contributed by atoms with Crippen LogP contribution in [0, 0.1) is 0 Å². The number of aryl methyl sites for hydroxylation is 1. The smallest absolute Gasteiger partial charge is 0.338 e. The summed E-state index contributed by atoms with van der Waals surface area (Å²) in [7, 11) is 0. The standard InChI is InChI=1S/C14H19NO4/c1-14(2,3)19-11(16)8-7-9-5-4-6-10(15)12(9)13(17)18/h4-6H,7-8,15H2,1-3H3,(H,17,18). The molecule has 0 bridgehead atoms. The number of ether oxygens (including phenoxy) is 1. The second-order valence-corrected chi connectivity index (χ2v) is 5.27. The molecule has 0 unspecified atom stereocenters. The third-order valence-corrected chi connectivity index (χ3v) is 2.42. The van der Waals surface area contributed by atoms with Crippen LogP contribution in [0.4, 0.5) is 5.69 Å². The van der Waals surface area contributed by atoms with Crippen LogP contribution >= 0.6 is 0 Å². The first-order valence-electron chi connectivity index (χ1n) is 6.03. The molecule has 1 aromatic carbocycles. The van der Waals surface area contributed by atoms with Gasteiger partial charge in [0, 0.05) is 12.1 Å². The summed E-state index contributed by atoms with van der Waals surface area (Å²) in [5.41, 5.74) is 5.90. The minimum absolute atomic E-state index is 0.0612. The molecule has 0 heterocycles. The summed E-state index contributed by atoms with van der Waals surface area (Å²) in [5, 5.41) is 9.10. The molecule has 0 aromatic heterocycles. The van der Waals surface area contributed by atoms with Crippen molar-refractivity contribution in [3.63, 3.8) is 0 Å². The lowest BCUT2D eigenvalue weighted by atomic mass is 10.0. The van der Waals surface area contributed by atoms with Crippen LogP contribution in [0.15, 0.2) is 18.2 Å². The zero-order valence-electron chi connectivity index (χ0n) is 11.4.